The number of nitrogens with one attached hydrogen (secondary N) is 2. The van der Waals surface area contributed by atoms with Gasteiger partial charge in [0, 0.05) is 35.2 Å². The maximum absolute atomic E-state index is 13.5. The minimum Gasteiger partial charge on any atom is -0.457 e. The molecule has 2 aromatic carbocycles. The predicted octanol–water partition coefficient (Wildman–Crippen LogP) is 4.91. The van der Waals surface area contributed by atoms with E-state index in [9.17, 15) is 4.79 Å². The van der Waals surface area contributed by atoms with Crippen LogP contribution in [0.15, 0.2) is 60.9 Å². The molecular formula is C25H23ClN4O2. The molecule has 32 heavy (non-hydrogen) atoms. The van der Waals surface area contributed by atoms with Crippen LogP contribution >= 0.6 is 11.6 Å². The van der Waals surface area contributed by atoms with E-state index < -0.39 is 0 Å². The number of Topliss-reactive ketones (excluding diaryl/α,β-unsaturated/α-hetero) is 1. The van der Waals surface area contributed by atoms with Crippen molar-refractivity contribution in [2.45, 2.75) is 25.3 Å². The van der Waals surface area contributed by atoms with Crippen molar-refractivity contribution in [2.24, 2.45) is 0 Å². The summed E-state index contributed by atoms with van der Waals surface area (Å²) in [5.74, 6) is 1.87. The van der Waals surface area contributed by atoms with Crippen molar-refractivity contribution in [3.63, 3.8) is 0 Å². The number of fused-ring (bicyclic) bond motifs is 1. The minimum absolute atomic E-state index is 0.136. The molecule has 0 atom stereocenters. The Morgan fingerprint density at radius 1 is 1.06 bits per heavy atom. The van der Waals surface area contributed by atoms with Crippen LogP contribution in [0.4, 0.5) is 5.82 Å². The van der Waals surface area contributed by atoms with Gasteiger partial charge in [-0.25, -0.2) is 9.97 Å². The van der Waals surface area contributed by atoms with E-state index in [-0.39, 0.29) is 5.78 Å². The van der Waals surface area contributed by atoms with Gasteiger partial charge in [0.05, 0.1) is 10.7 Å². The highest BCUT2D eigenvalue weighted by Crippen LogP contribution is 2.36. The molecular weight excluding hydrogens is 424 g/mol. The van der Waals surface area contributed by atoms with Crippen molar-refractivity contribution < 1.29 is 9.53 Å². The van der Waals surface area contributed by atoms with Crippen LogP contribution in [-0.2, 0) is 6.42 Å². The van der Waals surface area contributed by atoms with E-state index in [4.69, 9.17) is 16.3 Å². The Morgan fingerprint density at radius 2 is 1.88 bits per heavy atom. The summed E-state index contributed by atoms with van der Waals surface area (Å²) in [6.07, 6.45) is 6.11. The van der Waals surface area contributed by atoms with Gasteiger partial charge in [-0.1, -0.05) is 35.9 Å². The van der Waals surface area contributed by atoms with Gasteiger partial charge < -0.3 is 15.4 Å². The Hall–Kier alpha value is -3.22. The van der Waals surface area contributed by atoms with Crippen LogP contribution in [0.1, 0.15) is 34.5 Å². The molecule has 5 rings (SSSR count). The minimum atomic E-state index is -0.136. The number of benzene rings is 2. The molecule has 0 radical (unpaired) electrons. The highest BCUT2D eigenvalue weighted by atomic mass is 35.5. The normalized spacial score (nSPS) is 15.7. The Kier molecular flexibility index (Phi) is 5.88. The molecule has 0 unspecified atom stereocenters. The lowest BCUT2D eigenvalue weighted by Gasteiger charge is -2.25. The molecule has 2 N–H and O–H groups in total. The number of carbonyl (C=O) groups excluding carboxylic acids is 1. The number of ketones is 1. The second-order valence-corrected chi connectivity index (χ2v) is 8.33. The summed E-state index contributed by atoms with van der Waals surface area (Å²) in [6, 6.07) is 14.9. The molecule has 0 spiro atoms. The number of carbonyl (C=O) groups is 1. The number of nitrogens with zero attached hydrogens (tertiary/aromatic N) is 2. The summed E-state index contributed by atoms with van der Waals surface area (Å²) < 4.78 is 5.83. The van der Waals surface area contributed by atoms with E-state index in [1.54, 1.807) is 24.5 Å². The van der Waals surface area contributed by atoms with E-state index in [1.165, 1.54) is 0 Å². The van der Waals surface area contributed by atoms with Gasteiger partial charge >= 0.3 is 0 Å². The van der Waals surface area contributed by atoms with Gasteiger partial charge in [-0.2, -0.15) is 0 Å². The predicted molar refractivity (Wildman–Crippen MR) is 126 cm³/mol. The largest absolute Gasteiger partial charge is 0.457 e. The highest BCUT2D eigenvalue weighted by Gasteiger charge is 2.28. The second-order valence-electron chi connectivity index (χ2n) is 7.92. The Morgan fingerprint density at radius 3 is 2.66 bits per heavy atom. The summed E-state index contributed by atoms with van der Waals surface area (Å²) in [7, 11) is 0. The quantitative estimate of drug-likeness (QED) is 0.524. The third-order valence-corrected chi connectivity index (χ3v) is 6.10. The third-order valence-electron chi connectivity index (χ3n) is 5.78. The summed E-state index contributed by atoms with van der Waals surface area (Å²) in [4.78, 5) is 22.3. The van der Waals surface area contributed by atoms with Crippen molar-refractivity contribution in [1.29, 1.82) is 0 Å². The Labute approximate surface area is 191 Å². The molecule has 1 aromatic heterocycles. The lowest BCUT2D eigenvalue weighted by atomic mass is 9.98. The Bertz CT molecular complexity index is 1170. The molecule has 6 nitrogen and oxygen atoms in total. The number of hydrogen-bond donors (Lipinski definition) is 2. The van der Waals surface area contributed by atoms with Crippen molar-refractivity contribution >= 4 is 28.8 Å². The molecule has 0 bridgehead atoms. The first-order chi connectivity index (χ1) is 15.7. The number of allylic oxidation sites excluding steroid dienone is 2. The smallest absolute Gasteiger partial charge is 0.195 e. The fourth-order valence-corrected chi connectivity index (χ4v) is 4.41. The van der Waals surface area contributed by atoms with Crippen LogP contribution in [0.3, 0.4) is 0 Å². The van der Waals surface area contributed by atoms with E-state index in [0.29, 0.717) is 40.1 Å². The van der Waals surface area contributed by atoms with Gasteiger partial charge in [0.25, 0.3) is 0 Å². The molecule has 1 aliphatic heterocycles. The first kappa shape index (κ1) is 20.7. The molecule has 7 heteroatoms. The number of piperidine rings is 1. The van der Waals surface area contributed by atoms with Crippen LogP contribution in [-0.4, -0.2) is 34.9 Å². The molecule has 1 saturated heterocycles. The van der Waals surface area contributed by atoms with Crippen molar-refractivity contribution in [3.8, 4) is 11.5 Å². The number of hydrogen-bond acceptors (Lipinski definition) is 6. The number of aromatic nitrogens is 2. The lowest BCUT2D eigenvalue weighted by Crippen LogP contribution is -2.35. The van der Waals surface area contributed by atoms with E-state index in [2.05, 4.69) is 20.6 Å². The summed E-state index contributed by atoms with van der Waals surface area (Å²) in [5, 5.41) is 7.25. The molecule has 0 saturated carbocycles. The maximum Gasteiger partial charge on any atom is 0.195 e. The summed E-state index contributed by atoms with van der Waals surface area (Å²) >= 11 is 6.51. The highest BCUT2D eigenvalue weighted by molar-refractivity contribution is 6.39. The fraction of sp³-hybridized carbons (Fsp3) is 0.240. The number of anilines is 1. The van der Waals surface area contributed by atoms with Crippen molar-refractivity contribution in [2.75, 3.05) is 18.4 Å². The van der Waals surface area contributed by atoms with E-state index in [0.717, 1.165) is 43.0 Å². The average molecular weight is 447 g/mol. The summed E-state index contributed by atoms with van der Waals surface area (Å²) in [5.41, 5.74) is 2.68. The standard InChI is InChI=1S/C25H23ClN4O2/c26-21-14-18(32-17-4-2-1-3-5-17)6-7-19(21)24(31)20-8-9-22-23(20)25(29-15-28-22)30-16-10-12-27-13-11-16/h1-8,14-16,27H,9-13H2,(H,28,29,30). The Balaban J connectivity index is 1.39. The molecule has 2 aliphatic rings. The van der Waals surface area contributed by atoms with Crippen LogP contribution in [0.2, 0.25) is 5.02 Å². The zero-order valence-corrected chi connectivity index (χ0v) is 18.2. The van der Waals surface area contributed by atoms with Gasteiger partial charge in [-0.3, -0.25) is 4.79 Å². The molecule has 2 heterocycles. The third kappa shape index (κ3) is 4.24. The summed E-state index contributed by atoms with van der Waals surface area (Å²) in [6.45, 7) is 1.94. The zero-order valence-electron chi connectivity index (χ0n) is 17.5. The zero-order chi connectivity index (χ0) is 21.9. The molecule has 1 fully saturated rings. The maximum atomic E-state index is 13.5. The van der Waals surface area contributed by atoms with Crippen LogP contribution in [0.5, 0.6) is 11.5 Å². The lowest BCUT2D eigenvalue weighted by molar-refractivity contribution is 0.105. The van der Waals surface area contributed by atoms with E-state index in [1.807, 2.05) is 36.4 Å². The molecule has 0 amide bonds. The van der Waals surface area contributed by atoms with Gasteiger partial charge in [0.1, 0.15) is 23.6 Å². The van der Waals surface area contributed by atoms with Crippen LogP contribution in [0.25, 0.3) is 5.57 Å². The first-order valence-electron chi connectivity index (χ1n) is 10.8. The van der Waals surface area contributed by atoms with Crippen LogP contribution < -0.4 is 15.4 Å². The van der Waals surface area contributed by atoms with Gasteiger partial charge in [0.15, 0.2) is 5.78 Å². The SMILES string of the molecule is O=C(C1=CCc2ncnc(NC3CCNCC3)c21)c1ccc(Oc2ccccc2)cc1Cl. The van der Waals surface area contributed by atoms with E-state index >= 15 is 0 Å². The van der Waals surface area contributed by atoms with Gasteiger partial charge in [-0.15, -0.1) is 0 Å². The number of rotatable bonds is 6. The van der Waals surface area contributed by atoms with Crippen molar-refractivity contribution in [1.82, 2.24) is 15.3 Å². The van der Waals surface area contributed by atoms with Crippen LogP contribution in [0, 0.1) is 0 Å². The number of para-hydroxylation sites is 1. The first-order valence-corrected chi connectivity index (χ1v) is 11.2. The molecule has 162 valence electrons. The molecule has 3 aromatic rings. The average Bonchev–Trinajstić information content (AvgIpc) is 3.26. The fourth-order valence-electron chi connectivity index (χ4n) is 4.15. The van der Waals surface area contributed by atoms with Gasteiger partial charge in [0.2, 0.25) is 0 Å². The van der Waals surface area contributed by atoms with Crippen molar-refractivity contribution in [3.05, 3.63) is 82.8 Å². The second kappa shape index (κ2) is 9.10. The topological polar surface area (TPSA) is 76.1 Å². The number of ether oxygens (including phenoxy) is 1. The molecule has 1 aliphatic carbocycles. The monoisotopic (exact) mass is 446 g/mol. The van der Waals surface area contributed by atoms with Gasteiger partial charge in [-0.05, 0) is 50.2 Å². The number of halogens is 1.